The van der Waals surface area contributed by atoms with E-state index in [-0.39, 0.29) is 0 Å². The molecule has 1 fully saturated rings. The van der Waals surface area contributed by atoms with Gasteiger partial charge in [-0.2, -0.15) is 0 Å². The van der Waals surface area contributed by atoms with Gasteiger partial charge in [0.2, 0.25) is 0 Å². The summed E-state index contributed by atoms with van der Waals surface area (Å²) in [6.45, 7) is 7.18. The lowest BCUT2D eigenvalue weighted by molar-refractivity contribution is -0.462. The van der Waals surface area contributed by atoms with Crippen molar-refractivity contribution in [2.45, 2.75) is 45.2 Å². The molecule has 0 spiro atoms. The molecule has 142 valence electrons. The molecule has 0 unspecified atom stereocenters. The zero-order chi connectivity index (χ0) is 19.0. The van der Waals surface area contributed by atoms with Gasteiger partial charge in [-0.05, 0) is 53.9 Å². The fourth-order valence-corrected chi connectivity index (χ4v) is 9.34. The first-order valence-electron chi connectivity index (χ1n) is 10.5. The Morgan fingerprint density at radius 3 is 2.44 bits per heavy atom. The first kappa shape index (κ1) is 18.4. The third-order valence-electron chi connectivity index (χ3n) is 6.68. The predicted octanol–water partition coefficient (Wildman–Crippen LogP) is 4.21. The molecular weight excluding hydrogens is 346 g/mol. The molecule has 3 aliphatic rings. The molecule has 0 amide bonds. The number of hydrogen-bond acceptors (Lipinski definition) is 2. The number of rotatable bonds is 3. The lowest BCUT2D eigenvalue weighted by Crippen LogP contribution is -2.53. The SMILES string of the molecule is CC[Si]1(CC)C2=CC(=[N+](C)C)C=CC2=Nc2ccc(N3CCCCC3)cc21. The van der Waals surface area contributed by atoms with Gasteiger partial charge in [0, 0.05) is 30.9 Å². The van der Waals surface area contributed by atoms with E-state index in [4.69, 9.17) is 4.99 Å². The molecule has 2 heterocycles. The second-order valence-electron chi connectivity index (χ2n) is 8.25. The quantitative estimate of drug-likeness (QED) is 0.438. The minimum absolute atomic E-state index is 1.20. The van der Waals surface area contributed by atoms with Crippen molar-refractivity contribution in [2.75, 3.05) is 32.1 Å². The van der Waals surface area contributed by atoms with E-state index in [9.17, 15) is 0 Å². The van der Waals surface area contributed by atoms with E-state index in [0.717, 1.165) is 0 Å². The van der Waals surface area contributed by atoms with Gasteiger partial charge in [0.25, 0.3) is 0 Å². The van der Waals surface area contributed by atoms with E-state index >= 15 is 0 Å². The average molecular weight is 379 g/mol. The second kappa shape index (κ2) is 7.23. The maximum Gasteiger partial charge on any atom is 0.199 e. The number of piperidine rings is 1. The molecule has 1 aromatic rings. The highest BCUT2D eigenvalue weighted by atomic mass is 28.3. The predicted molar refractivity (Wildman–Crippen MR) is 120 cm³/mol. The van der Waals surface area contributed by atoms with E-state index in [2.05, 4.69) is 73.8 Å². The highest BCUT2D eigenvalue weighted by Gasteiger charge is 2.43. The monoisotopic (exact) mass is 378 g/mol. The van der Waals surface area contributed by atoms with Gasteiger partial charge in [-0.25, -0.2) is 9.57 Å². The van der Waals surface area contributed by atoms with Gasteiger partial charge in [-0.3, -0.25) is 0 Å². The van der Waals surface area contributed by atoms with Gasteiger partial charge in [0.1, 0.15) is 22.2 Å². The summed E-state index contributed by atoms with van der Waals surface area (Å²) in [5.41, 5.74) is 5.12. The van der Waals surface area contributed by atoms with Crippen molar-refractivity contribution in [2.24, 2.45) is 4.99 Å². The van der Waals surface area contributed by atoms with Crippen LogP contribution in [0.1, 0.15) is 33.1 Å². The fraction of sp³-hybridized carbons (Fsp3) is 0.478. The highest BCUT2D eigenvalue weighted by Crippen LogP contribution is 2.37. The standard InChI is InChI=1S/C23H32N3Si/c1-5-27(6-2)22-16-18(25(3)4)10-12-20(22)24-21-13-11-19(17-23(21)27)26-14-8-7-9-15-26/h10-13,16-17H,5-9,14-15H2,1-4H3/q+1. The summed E-state index contributed by atoms with van der Waals surface area (Å²) in [6, 6.07) is 9.57. The summed E-state index contributed by atoms with van der Waals surface area (Å²) < 4.78 is 2.21. The third-order valence-corrected chi connectivity index (χ3v) is 12.0. The Morgan fingerprint density at radius 2 is 1.78 bits per heavy atom. The molecule has 4 heteroatoms. The first-order chi connectivity index (χ1) is 13.1. The van der Waals surface area contributed by atoms with Crippen LogP contribution in [0.3, 0.4) is 0 Å². The number of allylic oxidation sites excluding steroid dienone is 4. The van der Waals surface area contributed by atoms with Crippen molar-refractivity contribution < 1.29 is 4.58 Å². The van der Waals surface area contributed by atoms with E-state index in [1.807, 2.05) is 0 Å². The number of hydrogen-bond donors (Lipinski definition) is 0. The van der Waals surface area contributed by atoms with Crippen LogP contribution in [0.25, 0.3) is 0 Å². The minimum Gasteiger partial charge on any atom is -0.372 e. The highest BCUT2D eigenvalue weighted by molar-refractivity contribution is 7.02. The van der Waals surface area contributed by atoms with Gasteiger partial charge in [0.15, 0.2) is 5.71 Å². The number of aliphatic imine (C=N–C) groups is 1. The topological polar surface area (TPSA) is 18.6 Å². The Kier molecular flexibility index (Phi) is 4.93. The maximum absolute atomic E-state index is 5.08. The van der Waals surface area contributed by atoms with E-state index in [1.165, 1.54) is 72.4 Å². The lowest BCUT2D eigenvalue weighted by atomic mass is 10.1. The Balaban J connectivity index is 1.87. The minimum atomic E-state index is -1.79. The van der Waals surface area contributed by atoms with Crippen molar-refractivity contribution >= 4 is 36.1 Å². The second-order valence-corrected chi connectivity index (χ2v) is 12.9. The average Bonchev–Trinajstić information content (AvgIpc) is 2.72. The number of benzene rings is 1. The molecule has 0 aromatic heterocycles. The molecule has 1 saturated heterocycles. The van der Waals surface area contributed by atoms with Crippen LogP contribution in [-0.4, -0.2) is 51.3 Å². The van der Waals surface area contributed by atoms with Gasteiger partial charge in [0.05, 0.1) is 11.4 Å². The summed E-state index contributed by atoms with van der Waals surface area (Å²) in [5, 5.41) is 3.08. The summed E-state index contributed by atoms with van der Waals surface area (Å²) in [4.78, 5) is 7.67. The van der Waals surface area contributed by atoms with Crippen molar-refractivity contribution in [3.63, 3.8) is 0 Å². The van der Waals surface area contributed by atoms with E-state index in [1.54, 1.807) is 5.19 Å². The third kappa shape index (κ3) is 3.04. The van der Waals surface area contributed by atoms with Crippen LogP contribution in [0.2, 0.25) is 12.1 Å². The fourth-order valence-electron chi connectivity index (χ4n) is 4.92. The summed E-state index contributed by atoms with van der Waals surface area (Å²) in [7, 11) is 2.47. The normalized spacial score (nSPS) is 20.6. The largest absolute Gasteiger partial charge is 0.372 e. The van der Waals surface area contributed by atoms with Gasteiger partial charge in [-0.1, -0.05) is 25.9 Å². The van der Waals surface area contributed by atoms with E-state index in [0.29, 0.717) is 0 Å². The van der Waals surface area contributed by atoms with Crippen molar-refractivity contribution in [3.05, 3.63) is 41.6 Å². The number of nitrogens with zero attached hydrogens (tertiary/aromatic N) is 3. The number of anilines is 1. The van der Waals surface area contributed by atoms with Crippen LogP contribution < -0.4 is 10.1 Å². The molecule has 3 nitrogen and oxygen atoms in total. The zero-order valence-corrected chi connectivity index (χ0v) is 18.3. The molecule has 1 aliphatic carbocycles. The molecule has 27 heavy (non-hydrogen) atoms. The van der Waals surface area contributed by atoms with Crippen LogP contribution >= 0.6 is 0 Å². The lowest BCUT2D eigenvalue weighted by Gasteiger charge is -2.39. The molecule has 4 rings (SSSR count). The van der Waals surface area contributed by atoms with Gasteiger partial charge in [-0.15, -0.1) is 0 Å². The van der Waals surface area contributed by atoms with Crippen LogP contribution in [0, 0.1) is 0 Å². The van der Waals surface area contributed by atoms with Crippen molar-refractivity contribution in [1.29, 1.82) is 0 Å². The Labute approximate surface area is 164 Å². The van der Waals surface area contributed by atoms with Crippen LogP contribution in [-0.2, 0) is 0 Å². The summed E-state index contributed by atoms with van der Waals surface area (Å²) in [6.07, 6.45) is 10.9. The summed E-state index contributed by atoms with van der Waals surface area (Å²) >= 11 is 0. The van der Waals surface area contributed by atoms with Crippen LogP contribution in [0.15, 0.2) is 46.6 Å². The zero-order valence-electron chi connectivity index (χ0n) is 17.3. The Morgan fingerprint density at radius 1 is 1.04 bits per heavy atom. The molecule has 0 radical (unpaired) electrons. The molecule has 0 atom stereocenters. The smallest absolute Gasteiger partial charge is 0.199 e. The van der Waals surface area contributed by atoms with Crippen LogP contribution in [0.4, 0.5) is 11.4 Å². The molecule has 0 N–H and O–H groups in total. The Bertz CT molecular complexity index is 862. The molecular formula is C23H32N3Si+. The van der Waals surface area contributed by atoms with E-state index < -0.39 is 8.07 Å². The van der Waals surface area contributed by atoms with Crippen molar-refractivity contribution in [1.82, 2.24) is 0 Å². The molecule has 0 bridgehead atoms. The van der Waals surface area contributed by atoms with Gasteiger partial charge >= 0.3 is 0 Å². The molecule has 2 aliphatic heterocycles. The maximum atomic E-state index is 5.08. The van der Waals surface area contributed by atoms with Crippen LogP contribution in [0.5, 0.6) is 0 Å². The molecule has 1 aromatic carbocycles. The summed E-state index contributed by atoms with van der Waals surface area (Å²) in [5.74, 6) is 0. The van der Waals surface area contributed by atoms with Gasteiger partial charge < -0.3 is 4.90 Å². The van der Waals surface area contributed by atoms with Crippen molar-refractivity contribution in [3.8, 4) is 0 Å². The Hall–Kier alpha value is -1.94. The molecule has 0 saturated carbocycles. The number of fused-ring (bicyclic) bond motifs is 2. The first-order valence-corrected chi connectivity index (χ1v) is 12.9.